The third kappa shape index (κ3) is 3.49. The summed E-state index contributed by atoms with van der Waals surface area (Å²) in [5.41, 5.74) is 0. The molecule has 0 aliphatic carbocycles. The van der Waals surface area contributed by atoms with Crippen molar-refractivity contribution in [3.05, 3.63) is 0 Å². The number of nitrogens with one attached hydrogen (secondary N) is 1. The largest absolute Gasteiger partial charge is 0.406 e. The molecule has 1 aliphatic heterocycles. The molecule has 0 spiro atoms. The summed E-state index contributed by atoms with van der Waals surface area (Å²) in [6.45, 7) is -1.38. The first kappa shape index (κ1) is 12.5. The maximum absolute atomic E-state index is 11.9. The number of hydrogen-bond acceptors (Lipinski definition) is 4. The van der Waals surface area contributed by atoms with Gasteiger partial charge in [0.05, 0.1) is 6.54 Å². The van der Waals surface area contributed by atoms with Crippen LogP contribution in [0.3, 0.4) is 0 Å². The molecule has 1 N–H and O–H groups in total. The Morgan fingerprint density at radius 3 is 2.67 bits per heavy atom. The third-order valence-electron chi connectivity index (χ3n) is 1.76. The molecule has 0 bridgehead atoms. The van der Waals surface area contributed by atoms with Crippen molar-refractivity contribution in [2.75, 3.05) is 13.1 Å². The number of rotatable bonds is 2. The van der Waals surface area contributed by atoms with Gasteiger partial charge in [-0.2, -0.15) is 13.2 Å². The molecule has 0 aromatic rings. The Morgan fingerprint density at radius 2 is 2.27 bits per heavy atom. The minimum absolute atomic E-state index is 0.113. The van der Waals surface area contributed by atoms with Gasteiger partial charge in [0.15, 0.2) is 0 Å². The van der Waals surface area contributed by atoms with Crippen molar-refractivity contribution in [2.24, 2.45) is 0 Å². The van der Waals surface area contributed by atoms with Gasteiger partial charge in [0, 0.05) is 10.8 Å². The number of amides is 2. The highest BCUT2D eigenvalue weighted by Crippen LogP contribution is 2.21. The summed E-state index contributed by atoms with van der Waals surface area (Å²) in [5.74, 6) is -0.719. The van der Waals surface area contributed by atoms with Crippen molar-refractivity contribution in [3.8, 4) is 0 Å². The lowest BCUT2D eigenvalue weighted by atomic mass is 10.1. The molecule has 1 atom stereocenters. The standard InChI is InChI=1S/C6H7F3N2O2S2/c7-6(8,9)2-11-1-3(4(11)12)10-5(13)15-14/h3,14H,1-2H2,(H,10,13)/t3-/m0/s1. The number of carbonyl (C=O) groups excluding carboxylic acids is 2. The molecule has 86 valence electrons. The molecule has 1 saturated heterocycles. The Balaban J connectivity index is 2.35. The summed E-state index contributed by atoms with van der Waals surface area (Å²) in [5, 5.41) is 1.67. The Labute approximate surface area is 92.4 Å². The van der Waals surface area contributed by atoms with Crippen LogP contribution in [-0.4, -0.2) is 41.4 Å². The number of hydrogen-bond donors (Lipinski definition) is 2. The van der Waals surface area contributed by atoms with Crippen molar-refractivity contribution in [1.82, 2.24) is 10.2 Å². The Hall–Kier alpha value is -0.570. The molecule has 2 amide bonds. The summed E-state index contributed by atoms with van der Waals surface area (Å²) in [7, 11) is 0.570. The van der Waals surface area contributed by atoms with E-state index in [1.165, 1.54) is 0 Å². The molecule has 0 aromatic carbocycles. The van der Waals surface area contributed by atoms with Gasteiger partial charge in [0.1, 0.15) is 12.6 Å². The van der Waals surface area contributed by atoms with Crippen LogP contribution in [-0.2, 0) is 4.79 Å². The van der Waals surface area contributed by atoms with E-state index in [1.54, 1.807) is 0 Å². The SMILES string of the molecule is O=C(N[C@H]1CN(CC(F)(F)F)C1=O)SS. The maximum atomic E-state index is 11.9. The fourth-order valence-corrected chi connectivity index (χ4v) is 1.48. The Kier molecular flexibility index (Phi) is 3.77. The molecule has 4 nitrogen and oxygen atoms in total. The van der Waals surface area contributed by atoms with Crippen LogP contribution in [0.25, 0.3) is 0 Å². The second-order valence-corrected chi connectivity index (χ2v) is 4.01. The monoisotopic (exact) mass is 260 g/mol. The first-order chi connectivity index (χ1) is 6.83. The second-order valence-electron chi connectivity index (χ2n) is 2.91. The van der Waals surface area contributed by atoms with Crippen LogP contribution in [0, 0.1) is 0 Å². The van der Waals surface area contributed by atoms with Crippen molar-refractivity contribution in [2.45, 2.75) is 12.2 Å². The molecule has 15 heavy (non-hydrogen) atoms. The number of alkyl halides is 3. The van der Waals surface area contributed by atoms with Crippen molar-refractivity contribution >= 4 is 33.6 Å². The highest BCUT2D eigenvalue weighted by Gasteiger charge is 2.43. The van der Waals surface area contributed by atoms with Crippen LogP contribution < -0.4 is 5.32 Å². The van der Waals surface area contributed by atoms with Crippen LogP contribution >= 0.6 is 22.5 Å². The van der Waals surface area contributed by atoms with Crippen LogP contribution in [0.15, 0.2) is 0 Å². The molecule has 1 fully saturated rings. The lowest BCUT2D eigenvalue weighted by molar-refractivity contribution is -0.173. The van der Waals surface area contributed by atoms with E-state index in [1.807, 2.05) is 0 Å². The Morgan fingerprint density at radius 1 is 1.67 bits per heavy atom. The Bertz CT molecular complexity index is 284. The van der Waals surface area contributed by atoms with Gasteiger partial charge in [-0.15, -0.1) is 11.7 Å². The topological polar surface area (TPSA) is 49.4 Å². The van der Waals surface area contributed by atoms with E-state index in [-0.39, 0.29) is 6.54 Å². The predicted octanol–water partition coefficient (Wildman–Crippen LogP) is 1.05. The normalized spacial score (nSPS) is 21.2. The minimum atomic E-state index is -4.40. The quantitative estimate of drug-likeness (QED) is 0.443. The van der Waals surface area contributed by atoms with Crippen LogP contribution in [0.1, 0.15) is 0 Å². The summed E-state index contributed by atoms with van der Waals surface area (Å²) in [6.07, 6.45) is -4.40. The first-order valence-electron chi connectivity index (χ1n) is 3.81. The number of likely N-dealkylation sites (tertiary alicyclic amines) is 1. The molecular weight excluding hydrogens is 253 g/mol. The van der Waals surface area contributed by atoms with Gasteiger partial charge in [-0.3, -0.25) is 9.59 Å². The zero-order valence-corrected chi connectivity index (χ0v) is 8.96. The zero-order valence-electron chi connectivity index (χ0n) is 7.24. The lowest BCUT2D eigenvalue weighted by Gasteiger charge is -2.38. The second kappa shape index (κ2) is 4.52. The first-order valence-corrected chi connectivity index (χ1v) is 5.68. The van der Waals surface area contributed by atoms with Crippen molar-refractivity contribution in [3.63, 3.8) is 0 Å². The third-order valence-corrected chi connectivity index (χ3v) is 2.54. The van der Waals surface area contributed by atoms with Gasteiger partial charge in [0.2, 0.25) is 5.91 Å². The minimum Gasteiger partial charge on any atom is -0.333 e. The van der Waals surface area contributed by atoms with E-state index < -0.39 is 29.9 Å². The number of carbonyl (C=O) groups is 2. The van der Waals surface area contributed by atoms with E-state index >= 15 is 0 Å². The van der Waals surface area contributed by atoms with Gasteiger partial charge in [-0.25, -0.2) is 0 Å². The van der Waals surface area contributed by atoms with Crippen LogP contribution in [0.5, 0.6) is 0 Å². The van der Waals surface area contributed by atoms with Crippen LogP contribution in [0.4, 0.5) is 18.0 Å². The molecule has 1 heterocycles. The van der Waals surface area contributed by atoms with Gasteiger partial charge < -0.3 is 10.2 Å². The average molecular weight is 260 g/mol. The summed E-state index contributed by atoms with van der Waals surface area (Å²) in [4.78, 5) is 22.4. The van der Waals surface area contributed by atoms with Gasteiger partial charge in [-0.1, -0.05) is 0 Å². The van der Waals surface area contributed by atoms with E-state index in [2.05, 4.69) is 17.0 Å². The highest BCUT2D eigenvalue weighted by molar-refractivity contribution is 8.74. The van der Waals surface area contributed by atoms with Crippen LogP contribution in [0.2, 0.25) is 0 Å². The van der Waals surface area contributed by atoms with Gasteiger partial charge in [-0.05, 0) is 0 Å². The summed E-state index contributed by atoms with van der Waals surface area (Å²) >= 11 is 3.57. The van der Waals surface area contributed by atoms with E-state index in [4.69, 9.17) is 0 Å². The highest BCUT2D eigenvalue weighted by atomic mass is 33.1. The molecule has 9 heteroatoms. The molecule has 1 rings (SSSR count). The van der Waals surface area contributed by atoms with E-state index in [0.29, 0.717) is 15.7 Å². The van der Waals surface area contributed by atoms with Gasteiger partial charge >= 0.3 is 6.18 Å². The fourth-order valence-electron chi connectivity index (χ4n) is 1.13. The predicted molar refractivity (Wildman–Crippen MR) is 51.5 cm³/mol. The number of halogens is 3. The summed E-state index contributed by atoms with van der Waals surface area (Å²) in [6, 6.07) is -0.848. The molecular formula is C6H7F3N2O2S2. The number of β-lactam (4-membered cyclic amide) rings is 1. The smallest absolute Gasteiger partial charge is 0.333 e. The number of thiol groups is 1. The van der Waals surface area contributed by atoms with E-state index in [9.17, 15) is 22.8 Å². The molecule has 0 unspecified atom stereocenters. The average Bonchev–Trinajstić information content (AvgIpc) is 2.13. The zero-order chi connectivity index (χ0) is 11.6. The summed E-state index contributed by atoms with van der Waals surface area (Å²) < 4.78 is 35.6. The lowest BCUT2D eigenvalue weighted by Crippen LogP contribution is -2.64. The molecule has 1 aliphatic rings. The fraction of sp³-hybridized carbons (Fsp3) is 0.667. The maximum Gasteiger partial charge on any atom is 0.406 e. The number of nitrogens with zero attached hydrogens (tertiary/aromatic N) is 1. The molecule has 0 aromatic heterocycles. The molecule has 0 saturated carbocycles. The van der Waals surface area contributed by atoms with Gasteiger partial charge in [0.25, 0.3) is 5.24 Å². The van der Waals surface area contributed by atoms with Crippen molar-refractivity contribution < 1.29 is 22.8 Å². The van der Waals surface area contributed by atoms with E-state index in [0.717, 1.165) is 0 Å². The molecule has 0 radical (unpaired) electrons. The van der Waals surface area contributed by atoms with Crippen molar-refractivity contribution in [1.29, 1.82) is 0 Å².